The molecule has 53 heavy (non-hydrogen) atoms. The van der Waals surface area contributed by atoms with Crippen LogP contribution in [0.3, 0.4) is 0 Å². The van der Waals surface area contributed by atoms with Gasteiger partial charge < -0.3 is 8.98 Å². The highest BCUT2D eigenvalue weighted by molar-refractivity contribution is 6.14. The molecular formula is C50H32N2O. The van der Waals surface area contributed by atoms with Gasteiger partial charge in [0.05, 0.1) is 34.0 Å². The number of para-hydroxylation sites is 3. The van der Waals surface area contributed by atoms with Crippen molar-refractivity contribution in [3.05, 3.63) is 205 Å². The molecular weight excluding hydrogens is 645 g/mol. The predicted molar refractivity (Wildman–Crippen MR) is 220 cm³/mol. The largest absolute Gasteiger partial charge is 0.454 e. The van der Waals surface area contributed by atoms with E-state index in [9.17, 15) is 0 Å². The van der Waals surface area contributed by atoms with Crippen LogP contribution in [0.5, 0.6) is 0 Å². The van der Waals surface area contributed by atoms with E-state index in [1.54, 1.807) is 0 Å². The fraction of sp³-hybridized carbons (Fsp3) is 0.0200. The fourth-order valence-electron chi connectivity index (χ4n) is 8.40. The molecule has 0 amide bonds. The van der Waals surface area contributed by atoms with Crippen molar-refractivity contribution in [2.24, 2.45) is 4.99 Å². The van der Waals surface area contributed by atoms with Crippen molar-refractivity contribution in [1.29, 1.82) is 0 Å². The average Bonchev–Trinajstić information content (AvgIpc) is 3.91. The van der Waals surface area contributed by atoms with E-state index in [0.29, 0.717) is 0 Å². The first-order chi connectivity index (χ1) is 26.3. The molecule has 3 heterocycles. The van der Waals surface area contributed by atoms with Crippen molar-refractivity contribution in [2.75, 3.05) is 0 Å². The van der Waals surface area contributed by atoms with Gasteiger partial charge in [-0.15, -0.1) is 0 Å². The van der Waals surface area contributed by atoms with Crippen LogP contribution in [-0.4, -0.2) is 10.3 Å². The van der Waals surface area contributed by atoms with Crippen LogP contribution in [0.15, 0.2) is 197 Å². The van der Waals surface area contributed by atoms with E-state index in [0.717, 1.165) is 66.7 Å². The Hall–Kier alpha value is -6.97. The van der Waals surface area contributed by atoms with Gasteiger partial charge in [-0.05, 0) is 81.4 Å². The summed E-state index contributed by atoms with van der Waals surface area (Å²) in [5.41, 5.74) is 15.6. The molecule has 0 radical (unpaired) electrons. The zero-order chi connectivity index (χ0) is 34.9. The molecule has 0 aliphatic carbocycles. The summed E-state index contributed by atoms with van der Waals surface area (Å²) in [6.45, 7) is 0. The number of furan rings is 1. The maximum atomic E-state index is 6.82. The normalized spacial score (nSPS) is 14.0. The van der Waals surface area contributed by atoms with Crippen LogP contribution in [0, 0.1) is 0 Å². The summed E-state index contributed by atoms with van der Waals surface area (Å²) in [6, 6.07) is 67.2. The molecule has 10 aromatic rings. The molecule has 0 spiro atoms. The molecule has 0 fully saturated rings. The number of aliphatic imine (C=N–C) groups is 1. The molecule has 3 heteroatoms. The lowest BCUT2D eigenvalue weighted by Crippen LogP contribution is -2.11. The number of rotatable bonds is 5. The molecule has 0 saturated carbocycles. The van der Waals surface area contributed by atoms with E-state index >= 15 is 0 Å². The highest BCUT2D eigenvalue weighted by Gasteiger charge is 2.29. The molecule has 248 valence electrons. The number of hydrogen-bond acceptors (Lipinski definition) is 2. The van der Waals surface area contributed by atoms with Crippen LogP contribution < -0.4 is 0 Å². The van der Waals surface area contributed by atoms with E-state index in [2.05, 4.69) is 193 Å². The molecule has 1 atom stereocenters. The molecule has 0 saturated heterocycles. The first-order valence-electron chi connectivity index (χ1n) is 18.2. The molecule has 2 aromatic heterocycles. The minimum atomic E-state index is 0.111. The average molecular weight is 677 g/mol. The van der Waals surface area contributed by atoms with Crippen molar-refractivity contribution in [3.8, 4) is 27.9 Å². The van der Waals surface area contributed by atoms with Gasteiger partial charge in [-0.1, -0.05) is 146 Å². The first kappa shape index (κ1) is 29.7. The molecule has 8 aromatic carbocycles. The quantitative estimate of drug-likeness (QED) is 0.178. The molecule has 3 nitrogen and oxygen atoms in total. The zero-order valence-electron chi connectivity index (χ0n) is 28.8. The second kappa shape index (κ2) is 11.8. The Bertz CT molecular complexity index is 3040. The Kier molecular flexibility index (Phi) is 6.62. The number of hydrogen-bond donors (Lipinski definition) is 0. The van der Waals surface area contributed by atoms with E-state index < -0.39 is 0 Å². The van der Waals surface area contributed by atoms with Gasteiger partial charge in [-0.25, -0.2) is 0 Å². The Morgan fingerprint density at radius 2 is 1.08 bits per heavy atom. The zero-order valence-corrected chi connectivity index (χ0v) is 28.8. The van der Waals surface area contributed by atoms with Crippen LogP contribution in [0.1, 0.15) is 22.6 Å². The standard InChI is InChI=1S/C50H32N2O/c1-3-12-32(13-4-1)36-27-29-45-42(30-36)38-16-8-10-20-44(38)52(45)46-21-11-18-40-39-28-26-37(31-47(39)53-50(40)46)33-22-24-35(25-23-33)49-48(34-14-5-2-6-15-34)41-17-7-9-19-43(41)51-49/h1-31,48H/t48-/m0/s1. The van der Waals surface area contributed by atoms with Gasteiger partial charge in [0, 0.05) is 21.5 Å². The summed E-state index contributed by atoms with van der Waals surface area (Å²) >= 11 is 0. The Labute approximate surface area is 306 Å². The Morgan fingerprint density at radius 1 is 0.434 bits per heavy atom. The maximum absolute atomic E-state index is 6.82. The summed E-state index contributed by atoms with van der Waals surface area (Å²) in [5, 5.41) is 4.67. The fourth-order valence-corrected chi connectivity index (χ4v) is 8.40. The molecule has 11 rings (SSSR count). The van der Waals surface area contributed by atoms with E-state index in [1.807, 2.05) is 0 Å². The summed E-state index contributed by atoms with van der Waals surface area (Å²) in [6.07, 6.45) is 0. The van der Waals surface area contributed by atoms with Crippen LogP contribution >= 0.6 is 0 Å². The minimum Gasteiger partial charge on any atom is -0.454 e. The van der Waals surface area contributed by atoms with Crippen molar-refractivity contribution in [2.45, 2.75) is 5.92 Å². The summed E-state index contributed by atoms with van der Waals surface area (Å²) in [7, 11) is 0. The van der Waals surface area contributed by atoms with Crippen LogP contribution in [0.4, 0.5) is 5.69 Å². The van der Waals surface area contributed by atoms with Crippen LogP contribution in [0.25, 0.3) is 71.7 Å². The van der Waals surface area contributed by atoms with Gasteiger partial charge in [0.2, 0.25) is 0 Å². The lowest BCUT2D eigenvalue weighted by Gasteiger charge is -2.16. The van der Waals surface area contributed by atoms with E-state index in [1.165, 1.54) is 33.0 Å². The van der Waals surface area contributed by atoms with Gasteiger partial charge in [0.1, 0.15) is 5.58 Å². The van der Waals surface area contributed by atoms with Gasteiger partial charge in [0.15, 0.2) is 5.58 Å². The molecule has 0 N–H and O–H groups in total. The third kappa shape index (κ3) is 4.71. The summed E-state index contributed by atoms with van der Waals surface area (Å²) in [4.78, 5) is 5.13. The predicted octanol–water partition coefficient (Wildman–Crippen LogP) is 13.3. The Balaban J connectivity index is 0.993. The number of benzene rings is 8. The molecule has 0 bridgehead atoms. The minimum absolute atomic E-state index is 0.111. The topological polar surface area (TPSA) is 30.4 Å². The van der Waals surface area contributed by atoms with Gasteiger partial charge >= 0.3 is 0 Å². The SMILES string of the molecule is c1ccc(-c2ccc3c(c2)c2ccccc2n3-c2cccc3c2oc2cc(-c4ccc(C5=Nc6ccccc6[C@@H]5c5ccccc5)cc4)ccc23)cc1. The highest BCUT2D eigenvalue weighted by Crippen LogP contribution is 2.43. The number of fused-ring (bicyclic) bond motifs is 7. The molecule has 0 unspecified atom stereocenters. The van der Waals surface area contributed by atoms with Crippen molar-refractivity contribution < 1.29 is 4.42 Å². The second-order valence-electron chi connectivity index (χ2n) is 13.9. The first-order valence-corrected chi connectivity index (χ1v) is 18.2. The summed E-state index contributed by atoms with van der Waals surface area (Å²) < 4.78 is 9.18. The van der Waals surface area contributed by atoms with Crippen molar-refractivity contribution in [1.82, 2.24) is 4.57 Å². The van der Waals surface area contributed by atoms with Crippen LogP contribution in [0.2, 0.25) is 0 Å². The van der Waals surface area contributed by atoms with E-state index in [-0.39, 0.29) is 5.92 Å². The molecule has 1 aliphatic heterocycles. The van der Waals surface area contributed by atoms with Crippen molar-refractivity contribution in [3.63, 3.8) is 0 Å². The molecule has 1 aliphatic rings. The van der Waals surface area contributed by atoms with E-state index in [4.69, 9.17) is 9.41 Å². The van der Waals surface area contributed by atoms with Gasteiger partial charge in [-0.3, -0.25) is 4.99 Å². The van der Waals surface area contributed by atoms with Crippen LogP contribution in [-0.2, 0) is 0 Å². The van der Waals surface area contributed by atoms with Gasteiger partial charge in [-0.2, -0.15) is 0 Å². The van der Waals surface area contributed by atoms with Crippen molar-refractivity contribution >= 4 is 55.1 Å². The third-order valence-electron chi connectivity index (χ3n) is 10.9. The van der Waals surface area contributed by atoms with Gasteiger partial charge in [0.25, 0.3) is 0 Å². The second-order valence-corrected chi connectivity index (χ2v) is 13.9. The summed E-state index contributed by atoms with van der Waals surface area (Å²) in [5.74, 6) is 0.111. The third-order valence-corrected chi connectivity index (χ3v) is 10.9. The highest BCUT2D eigenvalue weighted by atomic mass is 16.3. The lowest BCUT2D eigenvalue weighted by atomic mass is 9.85. The number of aromatic nitrogens is 1. The maximum Gasteiger partial charge on any atom is 0.159 e. The monoisotopic (exact) mass is 676 g/mol. The number of nitrogens with zero attached hydrogens (tertiary/aromatic N) is 2. The Morgan fingerprint density at radius 3 is 1.94 bits per heavy atom. The lowest BCUT2D eigenvalue weighted by molar-refractivity contribution is 0.666. The smallest absolute Gasteiger partial charge is 0.159 e.